The first-order valence-electron chi connectivity index (χ1n) is 6.21. The molecule has 0 aromatic carbocycles. The molecule has 1 fully saturated rings. The van der Waals surface area contributed by atoms with Gasteiger partial charge in [0.2, 0.25) is 0 Å². The molecule has 0 spiro atoms. The van der Waals surface area contributed by atoms with Crippen molar-refractivity contribution in [2.75, 3.05) is 26.2 Å². The van der Waals surface area contributed by atoms with Crippen molar-refractivity contribution >= 4 is 5.52 Å². The van der Waals surface area contributed by atoms with Crippen LogP contribution in [0.3, 0.4) is 0 Å². The van der Waals surface area contributed by atoms with Gasteiger partial charge in [0.05, 0.1) is 18.0 Å². The molecule has 0 bridgehead atoms. The highest BCUT2D eigenvalue weighted by Gasteiger charge is 2.17. The molecule has 0 radical (unpaired) electrons. The summed E-state index contributed by atoms with van der Waals surface area (Å²) in [6, 6.07) is 4.91. The number of imidazole rings is 1. The van der Waals surface area contributed by atoms with E-state index in [0.29, 0.717) is 6.04 Å². The van der Waals surface area contributed by atoms with Gasteiger partial charge in [-0.2, -0.15) is 0 Å². The second-order valence-corrected chi connectivity index (χ2v) is 4.65. The van der Waals surface area contributed by atoms with E-state index < -0.39 is 0 Å². The largest absolute Gasteiger partial charge is 0.314 e. The smallest absolute Gasteiger partial charge is 0.0991 e. The highest BCUT2D eigenvalue weighted by Crippen LogP contribution is 2.21. The molecule has 90 valence electrons. The molecule has 3 rings (SSSR count). The Bertz CT molecular complexity index is 499. The maximum atomic E-state index is 4.15. The van der Waals surface area contributed by atoms with E-state index in [1.54, 1.807) is 0 Å². The van der Waals surface area contributed by atoms with Crippen LogP contribution >= 0.6 is 0 Å². The molecule has 1 aliphatic heterocycles. The predicted molar refractivity (Wildman–Crippen MR) is 68.0 cm³/mol. The maximum Gasteiger partial charge on any atom is 0.0991 e. The molecule has 1 saturated heterocycles. The van der Waals surface area contributed by atoms with Crippen LogP contribution in [0.15, 0.2) is 30.9 Å². The molecular weight excluding hydrogens is 212 g/mol. The highest BCUT2D eigenvalue weighted by molar-refractivity contribution is 5.47. The zero-order chi connectivity index (χ0) is 11.7. The van der Waals surface area contributed by atoms with Crippen LogP contribution in [0.2, 0.25) is 0 Å². The Morgan fingerprint density at radius 2 is 2.18 bits per heavy atom. The van der Waals surface area contributed by atoms with Gasteiger partial charge in [0.1, 0.15) is 0 Å². The van der Waals surface area contributed by atoms with Crippen LogP contribution in [0.1, 0.15) is 18.5 Å². The predicted octanol–water partition coefficient (Wildman–Crippen LogP) is 1.30. The molecule has 4 heteroatoms. The van der Waals surface area contributed by atoms with E-state index in [-0.39, 0.29) is 0 Å². The number of rotatable bonds is 2. The van der Waals surface area contributed by atoms with E-state index in [9.17, 15) is 0 Å². The van der Waals surface area contributed by atoms with E-state index in [2.05, 4.69) is 40.5 Å². The van der Waals surface area contributed by atoms with Gasteiger partial charge in [-0.15, -0.1) is 0 Å². The molecule has 17 heavy (non-hydrogen) atoms. The Morgan fingerprint density at radius 1 is 1.35 bits per heavy atom. The van der Waals surface area contributed by atoms with Crippen molar-refractivity contribution in [2.45, 2.75) is 13.0 Å². The lowest BCUT2D eigenvalue weighted by atomic mass is 10.1. The first kappa shape index (κ1) is 10.7. The molecule has 1 atom stereocenters. The van der Waals surface area contributed by atoms with Gasteiger partial charge in [-0.1, -0.05) is 0 Å². The molecule has 3 heterocycles. The molecule has 0 amide bonds. The number of pyridine rings is 1. The van der Waals surface area contributed by atoms with Gasteiger partial charge in [-0.25, -0.2) is 4.98 Å². The van der Waals surface area contributed by atoms with E-state index in [1.807, 2.05) is 16.9 Å². The molecular formula is C13H18N4. The van der Waals surface area contributed by atoms with Gasteiger partial charge >= 0.3 is 0 Å². The van der Waals surface area contributed by atoms with Crippen molar-refractivity contribution in [1.82, 2.24) is 19.6 Å². The fourth-order valence-electron chi connectivity index (χ4n) is 2.48. The average Bonchev–Trinajstić information content (AvgIpc) is 2.86. The standard InChI is InChI=1S/C13H18N4/c1-11(16-6-3-14-4-7-16)12-2-5-17-10-15-9-13(17)8-12/h2,5,8-11,14H,3-4,6-7H2,1H3. The molecule has 1 unspecified atom stereocenters. The average molecular weight is 230 g/mol. The Labute approximate surface area is 101 Å². The third-order valence-electron chi connectivity index (χ3n) is 3.62. The van der Waals surface area contributed by atoms with Gasteiger partial charge < -0.3 is 9.72 Å². The molecule has 0 saturated carbocycles. The molecule has 2 aromatic heterocycles. The zero-order valence-corrected chi connectivity index (χ0v) is 10.1. The summed E-state index contributed by atoms with van der Waals surface area (Å²) in [6.45, 7) is 6.74. The van der Waals surface area contributed by atoms with Gasteiger partial charge in [0.15, 0.2) is 0 Å². The summed E-state index contributed by atoms with van der Waals surface area (Å²) < 4.78 is 2.05. The first-order chi connectivity index (χ1) is 8.34. The molecule has 0 aliphatic carbocycles. The number of fused-ring (bicyclic) bond motifs is 1. The SMILES string of the molecule is CC(c1ccn2cncc2c1)N1CCNCC1. The lowest BCUT2D eigenvalue weighted by Crippen LogP contribution is -2.44. The van der Waals surface area contributed by atoms with Crippen molar-refractivity contribution < 1.29 is 0 Å². The first-order valence-corrected chi connectivity index (χ1v) is 6.21. The Morgan fingerprint density at radius 3 is 3.00 bits per heavy atom. The fourth-order valence-corrected chi connectivity index (χ4v) is 2.48. The molecule has 4 nitrogen and oxygen atoms in total. The Kier molecular flexibility index (Phi) is 2.82. The van der Waals surface area contributed by atoms with Crippen molar-refractivity contribution in [1.29, 1.82) is 0 Å². The number of nitrogens with one attached hydrogen (secondary N) is 1. The van der Waals surface area contributed by atoms with Crippen LogP contribution in [0, 0.1) is 0 Å². The lowest BCUT2D eigenvalue weighted by Gasteiger charge is -2.33. The Balaban J connectivity index is 1.86. The minimum Gasteiger partial charge on any atom is -0.314 e. The maximum absolute atomic E-state index is 4.15. The van der Waals surface area contributed by atoms with Gasteiger partial charge in [0.25, 0.3) is 0 Å². The second-order valence-electron chi connectivity index (χ2n) is 4.65. The van der Waals surface area contributed by atoms with Crippen molar-refractivity contribution in [2.24, 2.45) is 0 Å². The van der Waals surface area contributed by atoms with Crippen LogP contribution in [0.5, 0.6) is 0 Å². The van der Waals surface area contributed by atoms with Gasteiger partial charge in [-0.3, -0.25) is 4.90 Å². The summed E-state index contributed by atoms with van der Waals surface area (Å²) in [7, 11) is 0. The molecule has 1 aliphatic rings. The zero-order valence-electron chi connectivity index (χ0n) is 10.1. The van der Waals surface area contributed by atoms with E-state index in [0.717, 1.165) is 26.2 Å². The third-order valence-corrected chi connectivity index (χ3v) is 3.62. The van der Waals surface area contributed by atoms with Gasteiger partial charge in [-0.05, 0) is 24.6 Å². The minimum absolute atomic E-state index is 0.483. The van der Waals surface area contributed by atoms with Crippen molar-refractivity contribution in [3.63, 3.8) is 0 Å². The van der Waals surface area contributed by atoms with Crippen molar-refractivity contribution in [3.8, 4) is 0 Å². The summed E-state index contributed by atoms with van der Waals surface area (Å²) in [5.74, 6) is 0. The van der Waals surface area contributed by atoms with Crippen LogP contribution in [0.25, 0.3) is 5.52 Å². The van der Waals surface area contributed by atoms with Crippen LogP contribution in [0.4, 0.5) is 0 Å². The number of hydrogen-bond acceptors (Lipinski definition) is 3. The quantitative estimate of drug-likeness (QED) is 0.844. The van der Waals surface area contributed by atoms with E-state index in [1.165, 1.54) is 11.1 Å². The number of hydrogen-bond donors (Lipinski definition) is 1. The number of aromatic nitrogens is 2. The van der Waals surface area contributed by atoms with Gasteiger partial charge in [0, 0.05) is 38.4 Å². The fraction of sp³-hybridized carbons (Fsp3) is 0.462. The van der Waals surface area contributed by atoms with Crippen LogP contribution in [-0.4, -0.2) is 40.5 Å². The summed E-state index contributed by atoms with van der Waals surface area (Å²) in [6.07, 6.45) is 5.85. The Hall–Kier alpha value is -1.39. The molecule has 2 aromatic rings. The van der Waals surface area contributed by atoms with E-state index >= 15 is 0 Å². The summed E-state index contributed by atoms with van der Waals surface area (Å²) in [5, 5.41) is 3.39. The van der Waals surface area contributed by atoms with E-state index in [4.69, 9.17) is 0 Å². The second kappa shape index (κ2) is 4.47. The monoisotopic (exact) mass is 230 g/mol. The topological polar surface area (TPSA) is 32.6 Å². The summed E-state index contributed by atoms with van der Waals surface area (Å²) in [5.41, 5.74) is 2.55. The highest BCUT2D eigenvalue weighted by atomic mass is 15.2. The number of nitrogens with zero attached hydrogens (tertiary/aromatic N) is 3. The number of piperazine rings is 1. The lowest BCUT2D eigenvalue weighted by molar-refractivity contribution is 0.185. The summed E-state index contributed by atoms with van der Waals surface area (Å²) in [4.78, 5) is 6.68. The third kappa shape index (κ3) is 2.06. The minimum atomic E-state index is 0.483. The van der Waals surface area contributed by atoms with Crippen molar-refractivity contribution in [3.05, 3.63) is 36.4 Å². The van der Waals surface area contributed by atoms with Crippen LogP contribution < -0.4 is 5.32 Å². The summed E-state index contributed by atoms with van der Waals surface area (Å²) >= 11 is 0. The molecule has 1 N–H and O–H groups in total. The normalized spacial score (nSPS) is 19.6. The van der Waals surface area contributed by atoms with Crippen LogP contribution in [-0.2, 0) is 0 Å².